The molecule has 1 saturated heterocycles. The molecule has 1 aromatic rings. The summed E-state index contributed by atoms with van der Waals surface area (Å²) in [6, 6.07) is 2.50. The van der Waals surface area contributed by atoms with E-state index in [9.17, 15) is 24.8 Å². The van der Waals surface area contributed by atoms with Crippen LogP contribution in [0.25, 0.3) is 0 Å². The quantitative estimate of drug-likeness (QED) is 0.639. The second-order valence-corrected chi connectivity index (χ2v) is 4.76. The van der Waals surface area contributed by atoms with Crippen molar-refractivity contribution in [3.8, 4) is 0 Å². The SMILES string of the molecule is CCC1(C(=O)O)CCCN1C(=O)c1ccc([N+](=O)[O-])[nH]1. The van der Waals surface area contributed by atoms with Crippen molar-refractivity contribution in [2.45, 2.75) is 31.7 Å². The molecule has 0 saturated carbocycles. The predicted octanol–water partition coefficient (Wildman–Crippen LogP) is 1.39. The minimum atomic E-state index is -1.21. The Bertz CT molecular complexity index is 567. The molecule has 1 atom stereocenters. The third-order valence-corrected chi connectivity index (χ3v) is 3.81. The van der Waals surface area contributed by atoms with E-state index in [0.29, 0.717) is 25.8 Å². The maximum absolute atomic E-state index is 12.4. The lowest BCUT2D eigenvalue weighted by Crippen LogP contribution is -2.52. The van der Waals surface area contributed by atoms with E-state index in [4.69, 9.17) is 0 Å². The van der Waals surface area contributed by atoms with Crippen LogP contribution in [0.5, 0.6) is 0 Å². The van der Waals surface area contributed by atoms with E-state index in [2.05, 4.69) is 4.98 Å². The van der Waals surface area contributed by atoms with Crippen molar-refractivity contribution in [2.24, 2.45) is 0 Å². The number of carbonyl (C=O) groups is 2. The first kappa shape index (κ1) is 14.0. The Morgan fingerprint density at radius 1 is 1.55 bits per heavy atom. The van der Waals surface area contributed by atoms with Crippen LogP contribution in [0.2, 0.25) is 0 Å². The smallest absolute Gasteiger partial charge is 0.329 e. The van der Waals surface area contributed by atoms with Crippen LogP contribution in [0.4, 0.5) is 5.82 Å². The van der Waals surface area contributed by atoms with Crippen molar-refractivity contribution in [3.05, 3.63) is 27.9 Å². The molecule has 1 unspecified atom stereocenters. The molecule has 108 valence electrons. The number of aliphatic carboxylic acids is 1. The summed E-state index contributed by atoms with van der Waals surface area (Å²) in [4.78, 5) is 37.5. The van der Waals surface area contributed by atoms with Gasteiger partial charge in [0.25, 0.3) is 5.91 Å². The average Bonchev–Trinajstić information content (AvgIpc) is 3.05. The van der Waals surface area contributed by atoms with Gasteiger partial charge in [-0.15, -0.1) is 0 Å². The van der Waals surface area contributed by atoms with Gasteiger partial charge in [0.2, 0.25) is 0 Å². The van der Waals surface area contributed by atoms with E-state index in [1.165, 1.54) is 17.0 Å². The Balaban J connectivity index is 2.31. The first-order valence-electron chi connectivity index (χ1n) is 6.31. The van der Waals surface area contributed by atoms with Gasteiger partial charge in [-0.1, -0.05) is 6.92 Å². The fraction of sp³-hybridized carbons (Fsp3) is 0.500. The van der Waals surface area contributed by atoms with Crippen molar-refractivity contribution >= 4 is 17.7 Å². The van der Waals surface area contributed by atoms with Crippen molar-refractivity contribution in [1.82, 2.24) is 9.88 Å². The number of nitrogens with zero attached hydrogens (tertiary/aromatic N) is 2. The number of aromatic amines is 1. The molecule has 8 heteroatoms. The van der Waals surface area contributed by atoms with Crippen molar-refractivity contribution in [1.29, 1.82) is 0 Å². The maximum atomic E-state index is 12.4. The minimum absolute atomic E-state index is 0.0395. The van der Waals surface area contributed by atoms with Gasteiger partial charge in [0, 0.05) is 12.6 Å². The number of carboxylic acid groups (broad SMARTS) is 1. The van der Waals surface area contributed by atoms with Gasteiger partial charge in [0.05, 0.1) is 0 Å². The molecule has 8 nitrogen and oxygen atoms in total. The van der Waals surface area contributed by atoms with Crippen LogP contribution in [0.1, 0.15) is 36.7 Å². The van der Waals surface area contributed by atoms with Gasteiger partial charge in [0.15, 0.2) is 5.69 Å². The number of carboxylic acids is 1. The Hall–Kier alpha value is -2.38. The van der Waals surface area contributed by atoms with Crippen LogP contribution < -0.4 is 0 Å². The number of nitro groups is 1. The van der Waals surface area contributed by atoms with Crippen LogP contribution in [0, 0.1) is 10.1 Å². The number of H-pyrrole nitrogens is 1. The molecule has 1 fully saturated rings. The van der Waals surface area contributed by atoms with Gasteiger partial charge in [0.1, 0.15) is 5.54 Å². The second-order valence-electron chi connectivity index (χ2n) is 4.76. The Labute approximate surface area is 114 Å². The molecule has 2 rings (SSSR count). The molecule has 0 bridgehead atoms. The van der Waals surface area contributed by atoms with Crippen LogP contribution in [-0.2, 0) is 4.79 Å². The van der Waals surface area contributed by atoms with Crippen LogP contribution in [0.15, 0.2) is 12.1 Å². The first-order chi connectivity index (χ1) is 9.42. The minimum Gasteiger partial charge on any atom is -0.479 e. The van der Waals surface area contributed by atoms with Crippen LogP contribution in [0.3, 0.4) is 0 Å². The van der Waals surface area contributed by atoms with Gasteiger partial charge < -0.3 is 20.1 Å². The summed E-state index contributed by atoms with van der Waals surface area (Å²) in [6.07, 6.45) is 1.30. The molecule has 1 aromatic heterocycles. The molecular formula is C12H15N3O5. The average molecular weight is 281 g/mol. The molecular weight excluding hydrogens is 266 g/mol. The molecule has 0 aliphatic carbocycles. The predicted molar refractivity (Wildman–Crippen MR) is 68.4 cm³/mol. The topological polar surface area (TPSA) is 117 Å². The normalized spacial score (nSPS) is 21.9. The summed E-state index contributed by atoms with van der Waals surface area (Å²) in [7, 11) is 0. The molecule has 2 heterocycles. The Kier molecular flexibility index (Phi) is 3.47. The monoisotopic (exact) mass is 281 g/mol. The number of carbonyl (C=O) groups excluding carboxylic acids is 1. The summed E-state index contributed by atoms with van der Waals surface area (Å²) in [6.45, 7) is 2.06. The first-order valence-corrected chi connectivity index (χ1v) is 6.31. The lowest BCUT2D eigenvalue weighted by molar-refractivity contribution is -0.389. The van der Waals surface area contributed by atoms with Gasteiger partial charge in [-0.2, -0.15) is 0 Å². The van der Waals surface area contributed by atoms with Crippen LogP contribution in [-0.4, -0.2) is 43.9 Å². The summed E-state index contributed by atoms with van der Waals surface area (Å²) in [5.41, 5.74) is -1.17. The van der Waals surface area contributed by atoms with E-state index >= 15 is 0 Å². The van der Waals surface area contributed by atoms with Crippen molar-refractivity contribution in [2.75, 3.05) is 6.54 Å². The fourth-order valence-corrected chi connectivity index (χ4v) is 2.68. The number of nitrogens with one attached hydrogen (secondary N) is 1. The van der Waals surface area contributed by atoms with E-state index < -0.39 is 22.3 Å². The number of hydrogen-bond acceptors (Lipinski definition) is 4. The maximum Gasteiger partial charge on any atom is 0.329 e. The van der Waals surface area contributed by atoms with E-state index in [1.54, 1.807) is 6.92 Å². The second kappa shape index (κ2) is 4.95. The third kappa shape index (κ3) is 2.02. The largest absolute Gasteiger partial charge is 0.479 e. The van der Waals surface area contributed by atoms with Gasteiger partial charge in [-0.05, 0) is 30.3 Å². The van der Waals surface area contributed by atoms with Crippen molar-refractivity contribution in [3.63, 3.8) is 0 Å². The molecule has 0 radical (unpaired) electrons. The highest BCUT2D eigenvalue weighted by Gasteiger charge is 2.49. The zero-order valence-electron chi connectivity index (χ0n) is 11.0. The summed E-state index contributed by atoms with van der Waals surface area (Å²) < 4.78 is 0. The van der Waals surface area contributed by atoms with E-state index in [-0.39, 0.29) is 11.5 Å². The molecule has 20 heavy (non-hydrogen) atoms. The van der Waals surface area contributed by atoms with E-state index in [1.807, 2.05) is 0 Å². The number of hydrogen-bond donors (Lipinski definition) is 2. The number of aromatic nitrogens is 1. The Morgan fingerprint density at radius 2 is 2.25 bits per heavy atom. The highest BCUT2D eigenvalue weighted by molar-refractivity contribution is 5.97. The standard InChI is InChI=1S/C12H15N3O5/c1-2-12(11(17)18)6-3-7-14(12)10(16)8-4-5-9(13-8)15(19)20/h4-5,13H,2-3,6-7H2,1H3,(H,17,18). The molecule has 0 spiro atoms. The van der Waals surface area contributed by atoms with Gasteiger partial charge in [-0.25, -0.2) is 9.78 Å². The van der Waals surface area contributed by atoms with Crippen molar-refractivity contribution < 1.29 is 19.6 Å². The van der Waals surface area contributed by atoms with Crippen LogP contribution >= 0.6 is 0 Å². The number of likely N-dealkylation sites (tertiary alicyclic amines) is 1. The lowest BCUT2D eigenvalue weighted by Gasteiger charge is -2.33. The number of amides is 1. The highest BCUT2D eigenvalue weighted by Crippen LogP contribution is 2.34. The van der Waals surface area contributed by atoms with E-state index in [0.717, 1.165) is 0 Å². The molecule has 1 amide bonds. The molecule has 1 aliphatic rings. The molecule has 1 aliphatic heterocycles. The molecule has 2 N–H and O–H groups in total. The zero-order chi connectivity index (χ0) is 14.9. The lowest BCUT2D eigenvalue weighted by atomic mass is 9.93. The third-order valence-electron chi connectivity index (χ3n) is 3.81. The van der Waals surface area contributed by atoms with Gasteiger partial charge in [-0.3, -0.25) is 4.79 Å². The summed E-state index contributed by atoms with van der Waals surface area (Å²) in [5, 5.41) is 20.0. The highest BCUT2D eigenvalue weighted by atomic mass is 16.6. The molecule has 0 aromatic carbocycles. The fourth-order valence-electron chi connectivity index (χ4n) is 2.68. The summed E-state index contributed by atoms with van der Waals surface area (Å²) in [5.74, 6) is -1.84. The Morgan fingerprint density at radius 3 is 2.75 bits per heavy atom. The summed E-state index contributed by atoms with van der Waals surface area (Å²) >= 11 is 0. The number of rotatable bonds is 4. The zero-order valence-corrected chi connectivity index (χ0v) is 11.0. The van der Waals surface area contributed by atoms with Gasteiger partial charge >= 0.3 is 11.8 Å².